The molecule has 5 rings (SSSR count). The Labute approximate surface area is 211 Å². The smallest absolute Gasteiger partial charge is 0.322 e. The van der Waals surface area contributed by atoms with Gasteiger partial charge < -0.3 is 9.84 Å². The van der Waals surface area contributed by atoms with Gasteiger partial charge >= 0.3 is 6.03 Å². The van der Waals surface area contributed by atoms with E-state index in [1.807, 2.05) is 55.5 Å². The molecule has 0 radical (unpaired) electrons. The predicted molar refractivity (Wildman–Crippen MR) is 141 cm³/mol. The van der Waals surface area contributed by atoms with Gasteiger partial charge in [0.15, 0.2) is 0 Å². The molecule has 0 saturated heterocycles. The van der Waals surface area contributed by atoms with Crippen LogP contribution in [0.25, 0.3) is 17.0 Å². The Hall–Kier alpha value is -4.19. The van der Waals surface area contributed by atoms with Gasteiger partial charge in [0.05, 0.1) is 11.6 Å². The molecule has 2 amide bonds. The molecule has 0 aliphatic carbocycles. The van der Waals surface area contributed by atoms with Gasteiger partial charge in [-0.05, 0) is 55.9 Å². The number of aryl methyl sites for hydroxylation is 3. The van der Waals surface area contributed by atoms with E-state index in [0.717, 1.165) is 35.2 Å². The number of allylic oxidation sites excluding steroid dienone is 1. The summed E-state index contributed by atoms with van der Waals surface area (Å²) in [5.74, 6) is 0.944. The fourth-order valence-corrected chi connectivity index (χ4v) is 4.65. The maximum atomic E-state index is 13.3. The van der Waals surface area contributed by atoms with Crippen LogP contribution in [0, 0.1) is 13.8 Å². The largest absolute Gasteiger partial charge is 0.334 e. The molecule has 1 unspecified atom stereocenters. The molecule has 36 heavy (non-hydrogen) atoms. The summed E-state index contributed by atoms with van der Waals surface area (Å²) in [6, 6.07) is 25.8. The standard InChI is InChI=1S/C30H30N4O2/c1-20-16-17-25(19-21(20)2)27-26(29-32-28(33-36-29)24-14-8-5-9-15-24)22(3)34(30(35)31-27)18-10-13-23-11-6-4-7-12-23/h4-9,11-12,14-17,19,27H,10,13,18H2,1-3H3,(H,31,35). The van der Waals surface area contributed by atoms with E-state index < -0.39 is 0 Å². The number of nitrogens with zero attached hydrogens (tertiary/aromatic N) is 3. The lowest BCUT2D eigenvalue weighted by atomic mass is 9.92. The van der Waals surface area contributed by atoms with Crippen molar-refractivity contribution in [3.8, 4) is 11.4 Å². The van der Waals surface area contributed by atoms with Crippen molar-refractivity contribution >= 4 is 11.6 Å². The molecule has 1 N–H and O–H groups in total. The van der Waals surface area contributed by atoms with Crippen LogP contribution in [0.15, 0.2) is 89.1 Å². The number of hydrogen-bond acceptors (Lipinski definition) is 4. The Morgan fingerprint density at radius 2 is 1.64 bits per heavy atom. The first-order valence-electron chi connectivity index (χ1n) is 12.3. The first kappa shape index (κ1) is 23.5. The number of amides is 2. The fourth-order valence-electron chi connectivity index (χ4n) is 4.65. The Kier molecular flexibility index (Phi) is 6.67. The van der Waals surface area contributed by atoms with E-state index in [1.54, 1.807) is 4.90 Å². The number of aromatic nitrogens is 2. The van der Waals surface area contributed by atoms with Crippen molar-refractivity contribution in [3.63, 3.8) is 0 Å². The molecular formula is C30H30N4O2. The molecule has 1 atom stereocenters. The zero-order chi connectivity index (χ0) is 25.1. The predicted octanol–water partition coefficient (Wildman–Crippen LogP) is 6.48. The van der Waals surface area contributed by atoms with E-state index in [-0.39, 0.29) is 12.1 Å². The topological polar surface area (TPSA) is 71.3 Å². The van der Waals surface area contributed by atoms with Crippen LogP contribution in [0.3, 0.4) is 0 Å². The third-order valence-electron chi connectivity index (χ3n) is 6.84. The van der Waals surface area contributed by atoms with Crippen LogP contribution in [0.4, 0.5) is 4.79 Å². The summed E-state index contributed by atoms with van der Waals surface area (Å²) < 4.78 is 5.80. The van der Waals surface area contributed by atoms with E-state index in [2.05, 4.69) is 54.7 Å². The van der Waals surface area contributed by atoms with Crippen LogP contribution in [0.2, 0.25) is 0 Å². The van der Waals surface area contributed by atoms with Crippen molar-refractivity contribution in [2.75, 3.05) is 6.54 Å². The minimum Gasteiger partial charge on any atom is -0.334 e. The van der Waals surface area contributed by atoms with E-state index >= 15 is 0 Å². The molecule has 2 heterocycles. The third kappa shape index (κ3) is 4.80. The number of urea groups is 1. The van der Waals surface area contributed by atoms with E-state index in [9.17, 15) is 4.79 Å². The van der Waals surface area contributed by atoms with Gasteiger partial charge in [-0.1, -0.05) is 84.0 Å². The molecule has 0 saturated carbocycles. The molecule has 4 aromatic rings. The van der Waals surface area contributed by atoms with Crippen molar-refractivity contribution in [1.82, 2.24) is 20.4 Å². The number of benzene rings is 3. The first-order chi connectivity index (χ1) is 17.5. The van der Waals surface area contributed by atoms with Crippen LogP contribution in [0.1, 0.15) is 47.5 Å². The zero-order valence-electron chi connectivity index (χ0n) is 20.9. The molecule has 1 aliphatic heterocycles. The van der Waals surface area contributed by atoms with Gasteiger partial charge in [-0.25, -0.2) is 4.79 Å². The molecule has 0 spiro atoms. The molecule has 1 aliphatic rings. The van der Waals surface area contributed by atoms with Gasteiger partial charge in [0.1, 0.15) is 0 Å². The normalized spacial score (nSPS) is 15.8. The molecule has 182 valence electrons. The lowest BCUT2D eigenvalue weighted by Crippen LogP contribution is -2.46. The quantitative estimate of drug-likeness (QED) is 0.330. The van der Waals surface area contributed by atoms with Crippen LogP contribution < -0.4 is 5.32 Å². The van der Waals surface area contributed by atoms with Gasteiger partial charge in [-0.2, -0.15) is 4.98 Å². The maximum absolute atomic E-state index is 13.3. The van der Waals surface area contributed by atoms with Gasteiger partial charge in [0.2, 0.25) is 5.82 Å². The molecule has 6 nitrogen and oxygen atoms in total. The van der Waals surface area contributed by atoms with Crippen LogP contribution in [-0.4, -0.2) is 27.6 Å². The van der Waals surface area contributed by atoms with Crippen molar-refractivity contribution in [2.24, 2.45) is 0 Å². The number of rotatable bonds is 7. The fraction of sp³-hybridized carbons (Fsp3) is 0.233. The number of carbonyl (C=O) groups is 1. The van der Waals surface area contributed by atoms with Crippen molar-refractivity contribution in [1.29, 1.82) is 0 Å². The highest BCUT2D eigenvalue weighted by atomic mass is 16.5. The first-order valence-corrected chi connectivity index (χ1v) is 12.3. The van der Waals surface area contributed by atoms with E-state index in [0.29, 0.717) is 18.3 Å². The summed E-state index contributed by atoms with van der Waals surface area (Å²) in [6.45, 7) is 6.72. The summed E-state index contributed by atoms with van der Waals surface area (Å²) in [5, 5.41) is 7.46. The molecule has 0 fully saturated rings. The summed E-state index contributed by atoms with van der Waals surface area (Å²) in [4.78, 5) is 19.8. The second-order valence-corrected chi connectivity index (χ2v) is 9.26. The van der Waals surface area contributed by atoms with Crippen LogP contribution in [0.5, 0.6) is 0 Å². The van der Waals surface area contributed by atoms with Gasteiger partial charge in [0.25, 0.3) is 5.89 Å². The van der Waals surface area contributed by atoms with Crippen LogP contribution >= 0.6 is 0 Å². The van der Waals surface area contributed by atoms with E-state index in [4.69, 9.17) is 9.51 Å². The van der Waals surface area contributed by atoms with Gasteiger partial charge in [0, 0.05) is 17.8 Å². The SMILES string of the molecule is CC1=C(c2nc(-c3ccccc3)no2)C(c2ccc(C)c(C)c2)NC(=O)N1CCCc1ccccc1. The molecule has 6 heteroatoms. The minimum absolute atomic E-state index is 0.115. The highest BCUT2D eigenvalue weighted by molar-refractivity contribution is 5.87. The van der Waals surface area contributed by atoms with Crippen LogP contribution in [-0.2, 0) is 6.42 Å². The van der Waals surface area contributed by atoms with Gasteiger partial charge in [-0.3, -0.25) is 4.90 Å². The Morgan fingerprint density at radius 1 is 0.917 bits per heavy atom. The second-order valence-electron chi connectivity index (χ2n) is 9.26. The maximum Gasteiger partial charge on any atom is 0.322 e. The third-order valence-corrected chi connectivity index (χ3v) is 6.84. The summed E-state index contributed by atoms with van der Waals surface area (Å²) in [7, 11) is 0. The van der Waals surface area contributed by atoms with E-state index in [1.165, 1.54) is 16.7 Å². The molecule has 3 aromatic carbocycles. The van der Waals surface area contributed by atoms with Crippen molar-refractivity contribution in [2.45, 2.75) is 39.7 Å². The monoisotopic (exact) mass is 478 g/mol. The second kappa shape index (κ2) is 10.2. The lowest BCUT2D eigenvalue weighted by molar-refractivity contribution is 0.204. The molecular weight excluding hydrogens is 448 g/mol. The Bertz CT molecular complexity index is 1390. The van der Waals surface area contributed by atoms with Crippen molar-refractivity contribution < 1.29 is 9.32 Å². The summed E-state index contributed by atoms with van der Waals surface area (Å²) in [6.07, 6.45) is 1.74. The number of nitrogens with one attached hydrogen (secondary N) is 1. The number of carbonyl (C=O) groups excluding carboxylic acids is 1. The zero-order valence-corrected chi connectivity index (χ0v) is 20.9. The van der Waals surface area contributed by atoms with Crippen molar-refractivity contribution in [3.05, 3.63) is 113 Å². The Balaban J connectivity index is 1.51. The average molecular weight is 479 g/mol. The lowest BCUT2D eigenvalue weighted by Gasteiger charge is -2.35. The minimum atomic E-state index is -0.383. The summed E-state index contributed by atoms with van der Waals surface area (Å²) >= 11 is 0. The molecule has 0 bridgehead atoms. The average Bonchev–Trinajstić information content (AvgIpc) is 3.38. The molecule has 1 aromatic heterocycles. The number of hydrogen-bond donors (Lipinski definition) is 1. The summed E-state index contributed by atoms with van der Waals surface area (Å²) in [5.41, 5.74) is 7.16. The highest BCUT2D eigenvalue weighted by Crippen LogP contribution is 2.38. The highest BCUT2D eigenvalue weighted by Gasteiger charge is 2.35. The van der Waals surface area contributed by atoms with Gasteiger partial charge in [-0.15, -0.1) is 0 Å². The Morgan fingerprint density at radius 3 is 2.36 bits per heavy atom.